The van der Waals surface area contributed by atoms with Crippen molar-refractivity contribution in [2.75, 3.05) is 20.2 Å². The molecule has 0 unspecified atom stereocenters. The normalized spacial score (nSPS) is 14.0. The summed E-state index contributed by atoms with van der Waals surface area (Å²) in [6.45, 7) is 3.06. The molecule has 6 rings (SSSR count). The quantitative estimate of drug-likeness (QED) is 0.210. The minimum atomic E-state index is -5.08. The number of hydrogen-bond acceptors (Lipinski definition) is 7. The number of carbonyl (C=O) groups is 1. The highest BCUT2D eigenvalue weighted by atomic mass is 19.4. The monoisotopic (exact) mass is 616 g/mol. The molecule has 0 bridgehead atoms. The van der Waals surface area contributed by atoms with Crippen LogP contribution in [0.5, 0.6) is 5.88 Å². The molecule has 0 aliphatic carbocycles. The largest absolute Gasteiger partial charge is 0.490 e. The molecule has 1 fully saturated rings. The van der Waals surface area contributed by atoms with E-state index in [1.165, 1.54) is 11.3 Å². The number of hydrogen-bond donors (Lipinski definition) is 2. The van der Waals surface area contributed by atoms with Gasteiger partial charge in [0.15, 0.2) is 0 Å². The van der Waals surface area contributed by atoms with E-state index >= 15 is 0 Å². The second-order valence-corrected chi connectivity index (χ2v) is 10.5. The summed E-state index contributed by atoms with van der Waals surface area (Å²) in [6.07, 6.45) is -1.05. The molecule has 2 aromatic carbocycles. The number of nitrogens with zero attached hydrogens (tertiary/aromatic N) is 5. The summed E-state index contributed by atoms with van der Waals surface area (Å²) >= 11 is 0. The first kappa shape index (κ1) is 31.3. The Morgan fingerprint density at radius 2 is 1.62 bits per heavy atom. The lowest BCUT2D eigenvalue weighted by Crippen LogP contribution is -2.32. The number of aromatic nitrogens is 5. The number of alkyl halides is 3. The van der Waals surface area contributed by atoms with Crippen LogP contribution in [0.2, 0.25) is 0 Å². The molecule has 2 N–H and O–H groups in total. The predicted molar refractivity (Wildman–Crippen MR) is 162 cm³/mol. The minimum absolute atomic E-state index is 0.503. The van der Waals surface area contributed by atoms with E-state index in [2.05, 4.69) is 72.7 Å². The zero-order valence-electron chi connectivity index (χ0n) is 24.4. The number of carboxylic acid groups (broad SMARTS) is 1. The molecule has 0 atom stereocenters. The maximum Gasteiger partial charge on any atom is 0.490 e. The lowest BCUT2D eigenvalue weighted by atomic mass is 9.93. The van der Waals surface area contributed by atoms with Crippen molar-refractivity contribution in [1.82, 2.24) is 30.3 Å². The summed E-state index contributed by atoms with van der Waals surface area (Å²) in [5.41, 5.74) is 8.34. The van der Waals surface area contributed by atoms with Gasteiger partial charge in [-0.1, -0.05) is 60.7 Å². The number of nitrogens with one attached hydrogen (secondary N) is 1. The molecule has 12 heteroatoms. The van der Waals surface area contributed by atoms with E-state index in [1.807, 2.05) is 42.5 Å². The van der Waals surface area contributed by atoms with Crippen LogP contribution in [0.15, 0.2) is 91.1 Å². The van der Waals surface area contributed by atoms with Crippen LogP contribution in [0, 0.1) is 0 Å². The number of ether oxygens (including phenoxy) is 1. The number of pyridine rings is 1. The topological polar surface area (TPSA) is 117 Å². The number of carboxylic acids is 1. The Bertz CT molecular complexity index is 1690. The average molecular weight is 617 g/mol. The molecule has 45 heavy (non-hydrogen) atoms. The third kappa shape index (κ3) is 8.09. The van der Waals surface area contributed by atoms with Gasteiger partial charge in [-0.25, -0.2) is 4.79 Å². The van der Waals surface area contributed by atoms with Crippen LogP contribution < -0.4 is 4.74 Å². The summed E-state index contributed by atoms with van der Waals surface area (Å²) in [4.78, 5) is 15.8. The summed E-state index contributed by atoms with van der Waals surface area (Å²) in [5, 5.41) is 23.6. The lowest BCUT2D eigenvalue weighted by Gasteiger charge is -2.31. The summed E-state index contributed by atoms with van der Waals surface area (Å²) in [5.74, 6) is -1.74. The average Bonchev–Trinajstić information content (AvgIpc) is 3.57. The Balaban J connectivity index is 0.000000515. The van der Waals surface area contributed by atoms with Crippen LogP contribution in [0.25, 0.3) is 33.8 Å². The number of H-pyrrole nitrogens is 1. The fraction of sp³-hybridized carbons (Fsp3) is 0.242. The van der Waals surface area contributed by atoms with Crippen molar-refractivity contribution in [2.45, 2.75) is 31.5 Å². The molecule has 5 aromatic rings. The van der Waals surface area contributed by atoms with Gasteiger partial charge >= 0.3 is 12.1 Å². The number of rotatable bonds is 7. The SMILES string of the molecule is COc1cc(-c2ccccc2)c(-c2ccc(CN3CCC(c4cc(-c5ccccn5)n[nH]4)CC3)cc2)nn1.O=C(O)C(F)(F)F. The Hall–Kier alpha value is -5.10. The predicted octanol–water partition coefficient (Wildman–Crippen LogP) is 6.62. The van der Waals surface area contributed by atoms with Gasteiger partial charge in [-0.3, -0.25) is 15.0 Å². The Morgan fingerprint density at radius 3 is 2.24 bits per heavy atom. The van der Waals surface area contributed by atoms with Crippen molar-refractivity contribution in [2.24, 2.45) is 0 Å². The number of benzene rings is 2. The molecule has 0 amide bonds. The molecule has 0 radical (unpaired) electrons. The van der Waals surface area contributed by atoms with Crippen molar-refractivity contribution < 1.29 is 27.8 Å². The molecule has 1 aliphatic heterocycles. The van der Waals surface area contributed by atoms with E-state index in [-0.39, 0.29) is 0 Å². The maximum absolute atomic E-state index is 10.6. The molecule has 3 aromatic heterocycles. The molecular weight excluding hydrogens is 585 g/mol. The molecule has 4 heterocycles. The maximum atomic E-state index is 10.6. The van der Waals surface area contributed by atoms with Crippen LogP contribution in [-0.2, 0) is 11.3 Å². The van der Waals surface area contributed by atoms with Gasteiger partial charge in [0.1, 0.15) is 11.4 Å². The number of methoxy groups -OCH3 is 1. The highest BCUT2D eigenvalue weighted by Gasteiger charge is 2.38. The third-order valence-corrected chi connectivity index (χ3v) is 7.49. The smallest absolute Gasteiger partial charge is 0.480 e. The fourth-order valence-corrected chi connectivity index (χ4v) is 5.14. The molecule has 9 nitrogen and oxygen atoms in total. The number of halogens is 3. The number of aliphatic carboxylic acids is 1. The van der Waals surface area contributed by atoms with Crippen molar-refractivity contribution in [3.05, 3.63) is 102 Å². The first-order chi connectivity index (χ1) is 21.7. The van der Waals surface area contributed by atoms with Crippen LogP contribution in [0.3, 0.4) is 0 Å². The molecule has 232 valence electrons. The highest BCUT2D eigenvalue weighted by molar-refractivity contribution is 5.81. The zero-order valence-corrected chi connectivity index (χ0v) is 24.4. The van der Waals surface area contributed by atoms with Crippen molar-refractivity contribution in [3.8, 4) is 39.7 Å². The van der Waals surface area contributed by atoms with Gasteiger partial charge < -0.3 is 9.84 Å². The van der Waals surface area contributed by atoms with E-state index in [1.54, 1.807) is 13.3 Å². The first-order valence-electron chi connectivity index (χ1n) is 14.3. The zero-order chi connectivity index (χ0) is 31.8. The van der Waals surface area contributed by atoms with Gasteiger partial charge in [0.25, 0.3) is 0 Å². The number of likely N-dealkylation sites (tertiary alicyclic amines) is 1. The molecular formula is C33H31F3N6O3. The van der Waals surface area contributed by atoms with Crippen molar-refractivity contribution in [1.29, 1.82) is 0 Å². The van der Waals surface area contributed by atoms with Crippen molar-refractivity contribution in [3.63, 3.8) is 0 Å². The molecule has 1 saturated heterocycles. The van der Waals surface area contributed by atoms with Gasteiger partial charge in [0, 0.05) is 41.5 Å². The number of piperidine rings is 1. The van der Waals surface area contributed by atoms with Gasteiger partial charge in [-0.15, -0.1) is 10.2 Å². The molecule has 0 saturated carbocycles. The number of aromatic amines is 1. The van der Waals surface area contributed by atoms with Crippen LogP contribution in [0.4, 0.5) is 13.2 Å². The lowest BCUT2D eigenvalue weighted by molar-refractivity contribution is -0.192. The Labute approximate surface area is 257 Å². The summed E-state index contributed by atoms with van der Waals surface area (Å²) in [7, 11) is 1.62. The second kappa shape index (κ2) is 14.1. The van der Waals surface area contributed by atoms with Crippen LogP contribution in [0.1, 0.15) is 30.0 Å². The Kier molecular flexibility index (Phi) is 9.83. The van der Waals surface area contributed by atoms with E-state index in [4.69, 9.17) is 14.6 Å². The Morgan fingerprint density at radius 1 is 0.933 bits per heavy atom. The minimum Gasteiger partial charge on any atom is -0.480 e. The highest BCUT2D eigenvalue weighted by Crippen LogP contribution is 2.33. The van der Waals surface area contributed by atoms with Crippen LogP contribution >= 0.6 is 0 Å². The van der Waals surface area contributed by atoms with Gasteiger partial charge in [0.2, 0.25) is 5.88 Å². The van der Waals surface area contributed by atoms with Crippen molar-refractivity contribution >= 4 is 5.97 Å². The fourth-order valence-electron chi connectivity index (χ4n) is 5.14. The van der Waals surface area contributed by atoms with E-state index in [0.29, 0.717) is 11.8 Å². The summed E-state index contributed by atoms with van der Waals surface area (Å²) in [6, 6.07) is 29.0. The van der Waals surface area contributed by atoms with E-state index < -0.39 is 12.1 Å². The van der Waals surface area contributed by atoms with E-state index in [0.717, 1.165) is 66.2 Å². The second-order valence-electron chi connectivity index (χ2n) is 10.5. The van der Waals surface area contributed by atoms with Crippen LogP contribution in [-0.4, -0.2) is 67.7 Å². The van der Waals surface area contributed by atoms with Gasteiger partial charge in [-0.2, -0.15) is 18.3 Å². The van der Waals surface area contributed by atoms with Gasteiger partial charge in [-0.05, 0) is 55.3 Å². The summed E-state index contributed by atoms with van der Waals surface area (Å²) < 4.78 is 37.1. The molecule has 1 aliphatic rings. The van der Waals surface area contributed by atoms with Gasteiger partial charge in [0.05, 0.1) is 12.8 Å². The van der Waals surface area contributed by atoms with E-state index in [9.17, 15) is 13.2 Å². The molecule has 0 spiro atoms. The third-order valence-electron chi connectivity index (χ3n) is 7.49. The first-order valence-corrected chi connectivity index (χ1v) is 14.3. The standard InChI is InChI=1S/C31H30N6O.C2HF3O2/c1-38-30-19-26(23-7-3-2-4-8-23)31(36-35-30)25-12-10-22(11-13-25)21-37-17-14-24(15-18-37)28-20-29(34-33-28)27-9-5-6-16-32-27;3-2(4,5)1(6)7/h2-13,16,19-20,24H,14-15,17-18,21H2,1H3,(H,33,34);(H,6,7).